The van der Waals surface area contributed by atoms with Crippen LogP contribution in [0.4, 0.5) is 5.69 Å². The summed E-state index contributed by atoms with van der Waals surface area (Å²) in [6, 6.07) is 6.00. The van der Waals surface area contributed by atoms with Gasteiger partial charge in [-0.3, -0.25) is 14.8 Å². The highest BCUT2D eigenvalue weighted by molar-refractivity contribution is 5.44. The summed E-state index contributed by atoms with van der Waals surface area (Å²) in [6.07, 6.45) is 2.65. The zero-order valence-electron chi connectivity index (χ0n) is 11.0. The van der Waals surface area contributed by atoms with Crippen molar-refractivity contribution < 1.29 is 14.8 Å². The van der Waals surface area contributed by atoms with E-state index in [9.17, 15) is 15.2 Å². The van der Waals surface area contributed by atoms with E-state index in [0.717, 1.165) is 0 Å². The second-order valence-corrected chi connectivity index (χ2v) is 4.27. The lowest BCUT2D eigenvalue weighted by Crippen LogP contribution is -2.10. The summed E-state index contributed by atoms with van der Waals surface area (Å²) in [5.74, 6) is 0.442. The smallest absolute Gasteiger partial charge is 0.270 e. The summed E-state index contributed by atoms with van der Waals surface area (Å²) in [4.78, 5) is 10.2. The molecule has 1 heterocycles. The lowest BCUT2D eigenvalue weighted by Gasteiger charge is -2.13. The average molecular weight is 277 g/mol. The second-order valence-electron chi connectivity index (χ2n) is 4.27. The van der Waals surface area contributed by atoms with Crippen molar-refractivity contribution >= 4 is 5.69 Å². The van der Waals surface area contributed by atoms with Crippen LogP contribution in [-0.2, 0) is 6.54 Å². The van der Waals surface area contributed by atoms with Crippen LogP contribution in [0.15, 0.2) is 36.7 Å². The van der Waals surface area contributed by atoms with Gasteiger partial charge in [0.25, 0.3) is 5.69 Å². The molecular weight excluding hydrogens is 262 g/mol. The number of nitro benzene ring substituents is 1. The van der Waals surface area contributed by atoms with E-state index < -0.39 is 11.0 Å². The van der Waals surface area contributed by atoms with E-state index in [-0.39, 0.29) is 5.69 Å². The maximum atomic E-state index is 10.7. The fourth-order valence-corrected chi connectivity index (χ4v) is 1.79. The molecule has 0 amide bonds. The standard InChI is InChI=1S/C13H15N3O4/c1-10(17)12-9-11(16(18)19)3-4-13(12)20-8-7-15-6-2-5-14-15/h2-6,9-10,17H,7-8H2,1H3. The third-order valence-electron chi connectivity index (χ3n) is 2.79. The number of non-ortho nitro benzene ring substituents is 1. The van der Waals surface area contributed by atoms with E-state index in [1.807, 2.05) is 12.3 Å². The Morgan fingerprint density at radius 1 is 1.55 bits per heavy atom. The minimum absolute atomic E-state index is 0.0691. The fourth-order valence-electron chi connectivity index (χ4n) is 1.79. The number of nitro groups is 1. The molecule has 1 atom stereocenters. The summed E-state index contributed by atoms with van der Waals surface area (Å²) in [5, 5.41) is 24.4. The van der Waals surface area contributed by atoms with Gasteiger partial charge in [0.15, 0.2) is 0 Å². The van der Waals surface area contributed by atoms with Gasteiger partial charge in [-0.1, -0.05) is 0 Å². The molecule has 20 heavy (non-hydrogen) atoms. The topological polar surface area (TPSA) is 90.4 Å². The van der Waals surface area contributed by atoms with Crippen molar-refractivity contribution in [1.82, 2.24) is 9.78 Å². The van der Waals surface area contributed by atoms with Crippen LogP contribution in [0.1, 0.15) is 18.6 Å². The Kier molecular flexibility index (Phi) is 4.31. The quantitative estimate of drug-likeness (QED) is 0.643. The largest absolute Gasteiger partial charge is 0.491 e. The third kappa shape index (κ3) is 3.33. The van der Waals surface area contributed by atoms with E-state index in [4.69, 9.17) is 4.74 Å². The van der Waals surface area contributed by atoms with Gasteiger partial charge in [-0.2, -0.15) is 5.10 Å². The van der Waals surface area contributed by atoms with Crippen molar-refractivity contribution in [2.45, 2.75) is 19.6 Å². The normalized spacial score (nSPS) is 12.1. The van der Waals surface area contributed by atoms with Crippen molar-refractivity contribution in [2.24, 2.45) is 0 Å². The number of aliphatic hydroxyl groups excluding tert-OH is 1. The highest BCUT2D eigenvalue weighted by Crippen LogP contribution is 2.29. The molecule has 0 fully saturated rings. The molecule has 1 aromatic carbocycles. The van der Waals surface area contributed by atoms with Crippen molar-refractivity contribution in [1.29, 1.82) is 0 Å². The first-order valence-electron chi connectivity index (χ1n) is 6.14. The number of aliphatic hydroxyl groups is 1. The van der Waals surface area contributed by atoms with Crippen LogP contribution in [0.25, 0.3) is 0 Å². The van der Waals surface area contributed by atoms with Gasteiger partial charge in [0.05, 0.1) is 17.6 Å². The van der Waals surface area contributed by atoms with Gasteiger partial charge in [-0.15, -0.1) is 0 Å². The Balaban J connectivity index is 2.08. The van der Waals surface area contributed by atoms with E-state index >= 15 is 0 Å². The van der Waals surface area contributed by atoms with E-state index in [0.29, 0.717) is 24.5 Å². The Labute approximate surface area is 115 Å². The molecule has 0 bridgehead atoms. The molecule has 7 nitrogen and oxygen atoms in total. The minimum atomic E-state index is -0.838. The molecule has 0 radical (unpaired) electrons. The Morgan fingerprint density at radius 3 is 2.95 bits per heavy atom. The number of aromatic nitrogens is 2. The van der Waals surface area contributed by atoms with Crippen LogP contribution in [0.2, 0.25) is 0 Å². The molecular formula is C13H15N3O4. The minimum Gasteiger partial charge on any atom is -0.491 e. The summed E-state index contributed by atoms with van der Waals surface area (Å²) in [6.45, 7) is 2.46. The van der Waals surface area contributed by atoms with Crippen molar-refractivity contribution in [3.63, 3.8) is 0 Å². The maximum Gasteiger partial charge on any atom is 0.270 e. The van der Waals surface area contributed by atoms with E-state index in [2.05, 4.69) is 5.10 Å². The van der Waals surface area contributed by atoms with Gasteiger partial charge in [0.1, 0.15) is 12.4 Å². The third-order valence-corrected chi connectivity index (χ3v) is 2.79. The SMILES string of the molecule is CC(O)c1cc([N+](=O)[O-])ccc1OCCn1cccn1. The molecule has 1 unspecified atom stereocenters. The molecule has 1 N–H and O–H groups in total. The van der Waals surface area contributed by atoms with Crippen LogP contribution in [0.5, 0.6) is 5.75 Å². The lowest BCUT2D eigenvalue weighted by atomic mass is 10.1. The predicted molar refractivity (Wildman–Crippen MR) is 71.5 cm³/mol. The van der Waals surface area contributed by atoms with Crippen molar-refractivity contribution in [3.05, 3.63) is 52.3 Å². The zero-order chi connectivity index (χ0) is 14.5. The molecule has 0 aliphatic heterocycles. The first-order valence-corrected chi connectivity index (χ1v) is 6.14. The van der Waals surface area contributed by atoms with Gasteiger partial charge >= 0.3 is 0 Å². The lowest BCUT2D eigenvalue weighted by molar-refractivity contribution is -0.385. The van der Waals surface area contributed by atoms with Crippen molar-refractivity contribution in [3.8, 4) is 5.75 Å². The van der Waals surface area contributed by atoms with E-state index in [1.54, 1.807) is 17.8 Å². The molecule has 0 saturated heterocycles. The number of benzene rings is 1. The van der Waals surface area contributed by atoms with Crippen LogP contribution in [0, 0.1) is 10.1 Å². The molecule has 106 valence electrons. The maximum absolute atomic E-state index is 10.7. The van der Waals surface area contributed by atoms with Crippen LogP contribution >= 0.6 is 0 Å². The van der Waals surface area contributed by atoms with Crippen molar-refractivity contribution in [2.75, 3.05) is 6.61 Å². The number of ether oxygens (including phenoxy) is 1. The van der Waals surface area contributed by atoms with Crippen LogP contribution < -0.4 is 4.74 Å². The Hall–Kier alpha value is -2.41. The molecule has 1 aromatic heterocycles. The second kappa shape index (κ2) is 6.16. The fraction of sp³-hybridized carbons (Fsp3) is 0.308. The van der Waals surface area contributed by atoms with Gasteiger partial charge < -0.3 is 9.84 Å². The molecule has 7 heteroatoms. The van der Waals surface area contributed by atoms with Gasteiger partial charge in [0.2, 0.25) is 0 Å². The molecule has 0 aliphatic rings. The zero-order valence-corrected chi connectivity index (χ0v) is 11.0. The average Bonchev–Trinajstić information content (AvgIpc) is 2.91. The highest BCUT2D eigenvalue weighted by atomic mass is 16.6. The van der Waals surface area contributed by atoms with Crippen LogP contribution in [0.3, 0.4) is 0 Å². The Bertz CT molecular complexity index is 581. The van der Waals surface area contributed by atoms with Crippen LogP contribution in [-0.4, -0.2) is 26.4 Å². The predicted octanol–water partition coefficient (Wildman–Crippen LogP) is 1.92. The first-order chi connectivity index (χ1) is 9.58. The molecule has 0 saturated carbocycles. The molecule has 2 rings (SSSR count). The molecule has 0 aliphatic carbocycles. The van der Waals surface area contributed by atoms with Gasteiger partial charge in [0, 0.05) is 30.1 Å². The Morgan fingerprint density at radius 2 is 2.35 bits per heavy atom. The number of hydrogen-bond donors (Lipinski definition) is 1. The highest BCUT2D eigenvalue weighted by Gasteiger charge is 2.15. The monoisotopic (exact) mass is 277 g/mol. The number of nitrogens with zero attached hydrogens (tertiary/aromatic N) is 3. The summed E-state index contributed by atoms with van der Waals surface area (Å²) in [7, 11) is 0. The molecule has 2 aromatic rings. The summed E-state index contributed by atoms with van der Waals surface area (Å²) < 4.78 is 7.28. The van der Waals surface area contributed by atoms with E-state index in [1.165, 1.54) is 18.2 Å². The van der Waals surface area contributed by atoms with Gasteiger partial charge in [-0.25, -0.2) is 0 Å². The number of hydrogen-bond acceptors (Lipinski definition) is 5. The summed E-state index contributed by atoms with van der Waals surface area (Å²) in [5.41, 5.74) is 0.333. The van der Waals surface area contributed by atoms with Gasteiger partial charge in [-0.05, 0) is 19.1 Å². The first kappa shape index (κ1) is 14.0. The summed E-state index contributed by atoms with van der Waals surface area (Å²) >= 11 is 0. The molecule has 0 spiro atoms. The number of rotatable bonds is 6.